The second-order valence-corrected chi connectivity index (χ2v) is 6.99. The normalized spacial score (nSPS) is 19.4. The van der Waals surface area contributed by atoms with Gasteiger partial charge >= 0.3 is 5.97 Å². The maximum absolute atomic E-state index is 13.3. The average molecular weight is 408 g/mol. The van der Waals surface area contributed by atoms with Gasteiger partial charge in [-0.1, -0.05) is 18.2 Å². The zero-order valence-electron chi connectivity index (χ0n) is 16.8. The molecule has 7 nitrogen and oxygen atoms in total. The van der Waals surface area contributed by atoms with Crippen molar-refractivity contribution in [1.29, 1.82) is 0 Å². The van der Waals surface area contributed by atoms with E-state index in [0.29, 0.717) is 17.7 Å². The number of carbonyl (C=O) groups is 3. The van der Waals surface area contributed by atoms with E-state index in [0.717, 1.165) is 0 Å². The van der Waals surface area contributed by atoms with Gasteiger partial charge in [0.15, 0.2) is 11.6 Å². The second kappa shape index (κ2) is 7.67. The molecule has 7 heteroatoms. The van der Waals surface area contributed by atoms with E-state index >= 15 is 0 Å². The minimum atomic E-state index is -0.505. The number of carbonyl (C=O) groups excluding carboxylic acids is 3. The van der Waals surface area contributed by atoms with Crippen LogP contribution in [-0.2, 0) is 14.3 Å². The maximum Gasteiger partial charge on any atom is 0.303 e. The zero-order chi connectivity index (χ0) is 21.4. The van der Waals surface area contributed by atoms with Crippen LogP contribution in [0, 0.1) is 0 Å². The van der Waals surface area contributed by atoms with Crippen molar-refractivity contribution < 1.29 is 33.3 Å². The minimum absolute atomic E-state index is 0.197. The van der Waals surface area contributed by atoms with Crippen LogP contribution in [0.2, 0.25) is 0 Å². The van der Waals surface area contributed by atoms with Crippen LogP contribution in [0.4, 0.5) is 0 Å². The van der Waals surface area contributed by atoms with Gasteiger partial charge in [-0.05, 0) is 18.2 Å². The van der Waals surface area contributed by atoms with Crippen molar-refractivity contribution in [1.82, 2.24) is 0 Å². The standard InChI is InChI=1S/C23H20O7/c1-12(24)30-13-9-10-29-18(11-13)14-7-8-16-20(23(14)28-3)22(26)15-5-4-6-17(27-2)19(15)21(16)25/h4-10,13,18H,11H2,1-3H3/t13-,18+/m0/s1. The van der Waals surface area contributed by atoms with Gasteiger partial charge in [-0.25, -0.2) is 0 Å². The van der Waals surface area contributed by atoms with E-state index in [9.17, 15) is 14.4 Å². The summed E-state index contributed by atoms with van der Waals surface area (Å²) in [6, 6.07) is 8.23. The molecule has 0 N–H and O–H groups in total. The highest BCUT2D eigenvalue weighted by molar-refractivity contribution is 6.30. The van der Waals surface area contributed by atoms with Crippen LogP contribution >= 0.6 is 0 Å². The molecular formula is C23H20O7. The van der Waals surface area contributed by atoms with Crippen molar-refractivity contribution in [2.45, 2.75) is 25.6 Å². The van der Waals surface area contributed by atoms with Crippen molar-refractivity contribution in [3.63, 3.8) is 0 Å². The highest BCUT2D eigenvalue weighted by Crippen LogP contribution is 2.42. The number of rotatable bonds is 4. The Morgan fingerprint density at radius 3 is 2.43 bits per heavy atom. The Morgan fingerprint density at radius 1 is 1.00 bits per heavy atom. The number of hydrogen-bond donors (Lipinski definition) is 0. The van der Waals surface area contributed by atoms with Crippen LogP contribution in [0.1, 0.15) is 56.9 Å². The Bertz CT molecular complexity index is 1080. The van der Waals surface area contributed by atoms with Gasteiger partial charge in [0.2, 0.25) is 0 Å². The van der Waals surface area contributed by atoms with E-state index in [4.69, 9.17) is 18.9 Å². The summed E-state index contributed by atoms with van der Waals surface area (Å²) in [5, 5.41) is 0. The summed E-state index contributed by atoms with van der Waals surface area (Å²) in [6.07, 6.45) is 2.52. The summed E-state index contributed by atoms with van der Waals surface area (Å²) < 4.78 is 21.8. The third-order valence-electron chi connectivity index (χ3n) is 5.23. The van der Waals surface area contributed by atoms with Crippen molar-refractivity contribution in [3.05, 3.63) is 70.5 Å². The molecule has 2 aliphatic rings. The van der Waals surface area contributed by atoms with Crippen LogP contribution in [0.5, 0.6) is 11.5 Å². The molecule has 0 saturated carbocycles. The van der Waals surface area contributed by atoms with E-state index in [-0.39, 0.29) is 39.6 Å². The zero-order valence-corrected chi connectivity index (χ0v) is 16.8. The number of fused-ring (bicyclic) bond motifs is 2. The van der Waals surface area contributed by atoms with Gasteiger partial charge in [-0.2, -0.15) is 0 Å². The summed E-state index contributed by atoms with van der Waals surface area (Å²) in [7, 11) is 2.90. The van der Waals surface area contributed by atoms with Crippen LogP contribution in [0.25, 0.3) is 0 Å². The predicted octanol–water partition coefficient (Wildman–Crippen LogP) is 3.39. The number of esters is 1. The number of hydrogen-bond acceptors (Lipinski definition) is 7. The number of methoxy groups -OCH3 is 2. The van der Waals surface area contributed by atoms with E-state index in [2.05, 4.69) is 0 Å². The van der Waals surface area contributed by atoms with Gasteiger partial charge in [0.25, 0.3) is 0 Å². The fraction of sp³-hybridized carbons (Fsp3) is 0.261. The molecule has 0 bridgehead atoms. The first kappa shape index (κ1) is 19.7. The fourth-order valence-corrected chi connectivity index (χ4v) is 3.95. The van der Waals surface area contributed by atoms with Gasteiger partial charge in [-0.15, -0.1) is 0 Å². The van der Waals surface area contributed by atoms with Gasteiger partial charge in [-0.3, -0.25) is 14.4 Å². The van der Waals surface area contributed by atoms with Gasteiger partial charge in [0.05, 0.1) is 31.6 Å². The van der Waals surface area contributed by atoms with Gasteiger partial charge in [0, 0.05) is 30.0 Å². The molecule has 2 atom stereocenters. The molecule has 30 heavy (non-hydrogen) atoms. The van der Waals surface area contributed by atoms with Crippen LogP contribution < -0.4 is 9.47 Å². The average Bonchev–Trinajstić information content (AvgIpc) is 2.75. The number of benzene rings is 2. The topological polar surface area (TPSA) is 88.1 Å². The third kappa shape index (κ3) is 3.12. The fourth-order valence-electron chi connectivity index (χ4n) is 3.95. The molecule has 0 aromatic heterocycles. The van der Waals surface area contributed by atoms with Crippen LogP contribution in [0.15, 0.2) is 42.7 Å². The molecule has 1 aliphatic carbocycles. The molecule has 0 fully saturated rings. The molecule has 154 valence electrons. The Kier molecular flexibility index (Phi) is 5.03. The van der Waals surface area contributed by atoms with E-state index in [1.54, 1.807) is 36.4 Å². The Labute approximate surface area is 173 Å². The van der Waals surface area contributed by atoms with Gasteiger partial charge in [0.1, 0.15) is 23.7 Å². The molecular weight excluding hydrogens is 388 g/mol. The SMILES string of the molecule is COc1cccc2c1C(=O)c1ccc([C@H]3C[C@@H](OC(C)=O)C=CO3)c(OC)c1C2=O. The molecule has 1 heterocycles. The minimum Gasteiger partial charge on any atom is -0.496 e. The lowest BCUT2D eigenvalue weighted by atomic mass is 9.81. The van der Waals surface area contributed by atoms with E-state index < -0.39 is 18.2 Å². The lowest BCUT2D eigenvalue weighted by Crippen LogP contribution is -2.25. The highest BCUT2D eigenvalue weighted by atomic mass is 16.5. The summed E-state index contributed by atoms with van der Waals surface area (Å²) in [5.74, 6) is -0.385. The lowest BCUT2D eigenvalue weighted by Gasteiger charge is -2.28. The Morgan fingerprint density at radius 2 is 1.73 bits per heavy atom. The van der Waals surface area contributed by atoms with Crippen molar-refractivity contribution >= 4 is 17.5 Å². The first-order valence-electron chi connectivity index (χ1n) is 9.42. The molecule has 2 aromatic rings. The quantitative estimate of drug-likeness (QED) is 0.612. The molecule has 0 unspecified atom stereocenters. The molecule has 4 rings (SSSR count). The molecule has 0 radical (unpaired) electrons. The highest BCUT2D eigenvalue weighted by Gasteiger charge is 2.37. The van der Waals surface area contributed by atoms with Crippen molar-refractivity contribution in [2.75, 3.05) is 14.2 Å². The predicted molar refractivity (Wildman–Crippen MR) is 106 cm³/mol. The summed E-state index contributed by atoms with van der Waals surface area (Å²) >= 11 is 0. The van der Waals surface area contributed by atoms with E-state index in [1.165, 1.54) is 27.4 Å². The van der Waals surface area contributed by atoms with E-state index in [1.807, 2.05) is 0 Å². The smallest absolute Gasteiger partial charge is 0.303 e. The number of ether oxygens (including phenoxy) is 4. The summed E-state index contributed by atoms with van der Waals surface area (Å²) in [5.41, 5.74) is 1.57. The second-order valence-electron chi connectivity index (χ2n) is 6.99. The van der Waals surface area contributed by atoms with Crippen molar-refractivity contribution in [2.24, 2.45) is 0 Å². The molecule has 0 amide bonds. The maximum atomic E-state index is 13.3. The van der Waals surface area contributed by atoms with Gasteiger partial charge < -0.3 is 18.9 Å². The molecule has 0 spiro atoms. The Hall–Kier alpha value is -3.61. The largest absolute Gasteiger partial charge is 0.496 e. The first-order chi connectivity index (χ1) is 14.5. The molecule has 1 aliphatic heterocycles. The van der Waals surface area contributed by atoms with Crippen LogP contribution in [0.3, 0.4) is 0 Å². The first-order valence-corrected chi connectivity index (χ1v) is 9.42. The van der Waals surface area contributed by atoms with Crippen molar-refractivity contribution in [3.8, 4) is 11.5 Å². The monoisotopic (exact) mass is 408 g/mol. The number of ketones is 2. The van der Waals surface area contributed by atoms with Crippen LogP contribution in [-0.4, -0.2) is 37.9 Å². The Balaban J connectivity index is 1.80. The lowest BCUT2D eigenvalue weighted by molar-refractivity contribution is -0.146. The molecule has 0 saturated heterocycles. The third-order valence-corrected chi connectivity index (χ3v) is 5.23. The summed E-state index contributed by atoms with van der Waals surface area (Å²) in [6.45, 7) is 1.34. The summed E-state index contributed by atoms with van der Waals surface area (Å²) in [4.78, 5) is 37.8. The molecule has 2 aromatic carbocycles.